The van der Waals surface area contributed by atoms with Gasteiger partial charge < -0.3 is 10.2 Å². The number of hydrogen-bond acceptors (Lipinski definition) is 3. The van der Waals surface area contributed by atoms with Crippen molar-refractivity contribution in [2.45, 2.75) is 65.4 Å². The van der Waals surface area contributed by atoms with Gasteiger partial charge in [0.1, 0.15) is 0 Å². The van der Waals surface area contributed by atoms with Gasteiger partial charge in [0.15, 0.2) is 0 Å². The first-order valence-corrected chi connectivity index (χ1v) is 11.1. The molecule has 0 saturated heterocycles. The Morgan fingerprint density at radius 1 is 1.04 bits per heavy atom. The topological polar surface area (TPSA) is 53.4 Å². The van der Waals surface area contributed by atoms with Crippen molar-refractivity contribution < 1.29 is 10.2 Å². The second kappa shape index (κ2) is 6.19. The molecule has 1 aromatic rings. The number of aliphatic hydroxyl groups is 2. The zero-order chi connectivity index (χ0) is 19.7. The number of fused-ring (bicyclic) bond motifs is 5. The fourth-order valence-corrected chi connectivity index (χ4v) is 7.60. The van der Waals surface area contributed by atoms with Gasteiger partial charge in [0.05, 0.1) is 17.6 Å². The molecule has 0 amide bonds. The van der Waals surface area contributed by atoms with E-state index in [-0.39, 0.29) is 16.9 Å². The minimum atomic E-state index is -0.162. The molecule has 0 bridgehead atoms. The van der Waals surface area contributed by atoms with Crippen molar-refractivity contribution in [2.75, 3.05) is 0 Å². The van der Waals surface area contributed by atoms with Gasteiger partial charge in [-0.3, -0.25) is 4.98 Å². The molecule has 4 aliphatic carbocycles. The summed E-state index contributed by atoms with van der Waals surface area (Å²) in [6.07, 6.45) is 10.2. The highest BCUT2D eigenvalue weighted by atomic mass is 16.3. The molecule has 2 fully saturated rings. The number of pyridine rings is 1. The molecule has 2 N–H and O–H groups in total. The molecular weight excluding hydrogens is 346 g/mol. The lowest BCUT2D eigenvalue weighted by Gasteiger charge is -2.59. The predicted molar refractivity (Wildman–Crippen MR) is 111 cm³/mol. The van der Waals surface area contributed by atoms with Gasteiger partial charge in [-0.05, 0) is 73.3 Å². The molecule has 5 rings (SSSR count). The summed E-state index contributed by atoms with van der Waals surface area (Å²) in [5, 5.41) is 21.3. The molecule has 0 aromatic carbocycles. The predicted octanol–water partition coefficient (Wildman–Crippen LogP) is 5.53. The normalized spacial score (nSPS) is 45.1. The Kier molecular flexibility index (Phi) is 4.07. The maximum Gasteiger partial charge on any atom is 0.0984 e. The number of rotatable bonds is 1. The van der Waals surface area contributed by atoms with Crippen molar-refractivity contribution in [1.29, 1.82) is 0 Å². The first kappa shape index (κ1) is 18.4. The van der Waals surface area contributed by atoms with Crippen LogP contribution in [0.3, 0.4) is 0 Å². The average molecular weight is 380 g/mol. The molecular formula is C25H33NO2. The van der Waals surface area contributed by atoms with Crippen LogP contribution in [0.15, 0.2) is 41.8 Å². The van der Waals surface area contributed by atoms with Crippen LogP contribution in [0.1, 0.15) is 65.0 Å². The van der Waals surface area contributed by atoms with E-state index in [1.165, 1.54) is 12.0 Å². The smallest absolute Gasteiger partial charge is 0.0984 e. The van der Waals surface area contributed by atoms with Gasteiger partial charge in [0, 0.05) is 23.6 Å². The zero-order valence-electron chi connectivity index (χ0n) is 17.4. The van der Waals surface area contributed by atoms with Crippen molar-refractivity contribution >= 4 is 5.57 Å². The van der Waals surface area contributed by atoms with Crippen LogP contribution in [0.5, 0.6) is 0 Å². The molecule has 3 heteroatoms. The molecule has 7 atom stereocenters. The highest BCUT2D eigenvalue weighted by Gasteiger charge is 2.60. The number of aromatic nitrogens is 1. The van der Waals surface area contributed by atoms with Crippen LogP contribution in [0.25, 0.3) is 5.57 Å². The summed E-state index contributed by atoms with van der Waals surface area (Å²) in [7, 11) is 0. The van der Waals surface area contributed by atoms with Gasteiger partial charge in [-0.1, -0.05) is 38.5 Å². The van der Waals surface area contributed by atoms with E-state index in [9.17, 15) is 10.2 Å². The monoisotopic (exact) mass is 379 g/mol. The van der Waals surface area contributed by atoms with Crippen molar-refractivity contribution in [3.05, 3.63) is 47.5 Å². The van der Waals surface area contributed by atoms with E-state index in [0.717, 1.165) is 43.4 Å². The van der Waals surface area contributed by atoms with Crippen molar-refractivity contribution in [3.8, 4) is 0 Å². The number of allylic oxidation sites excluding steroid dienone is 3. The van der Waals surface area contributed by atoms with Crippen LogP contribution in [0.2, 0.25) is 0 Å². The lowest BCUT2D eigenvalue weighted by Crippen LogP contribution is -2.52. The summed E-state index contributed by atoms with van der Waals surface area (Å²) in [6, 6.07) is 6.02. The summed E-state index contributed by atoms with van der Waals surface area (Å²) in [6.45, 7) is 7.20. The lowest BCUT2D eigenvalue weighted by atomic mass is 9.45. The third-order valence-corrected chi connectivity index (χ3v) is 8.99. The summed E-state index contributed by atoms with van der Waals surface area (Å²) >= 11 is 0. The molecule has 0 spiro atoms. The molecule has 0 unspecified atom stereocenters. The molecule has 0 aliphatic heterocycles. The van der Waals surface area contributed by atoms with Gasteiger partial charge in [-0.2, -0.15) is 0 Å². The van der Waals surface area contributed by atoms with Crippen molar-refractivity contribution in [3.63, 3.8) is 0 Å². The maximum absolute atomic E-state index is 11.0. The Hall–Kier alpha value is -1.61. The van der Waals surface area contributed by atoms with Crippen molar-refractivity contribution in [2.24, 2.45) is 34.5 Å². The molecule has 150 valence electrons. The quantitative estimate of drug-likeness (QED) is 0.631. The van der Waals surface area contributed by atoms with E-state index in [4.69, 9.17) is 0 Å². The van der Waals surface area contributed by atoms with E-state index in [1.807, 2.05) is 18.3 Å². The van der Waals surface area contributed by atoms with Gasteiger partial charge in [-0.25, -0.2) is 0 Å². The Morgan fingerprint density at radius 2 is 1.82 bits per heavy atom. The number of nitrogens with zero attached hydrogens (tertiary/aromatic N) is 1. The zero-order valence-corrected chi connectivity index (χ0v) is 17.4. The van der Waals surface area contributed by atoms with E-state index < -0.39 is 0 Å². The van der Waals surface area contributed by atoms with Crippen LogP contribution < -0.4 is 0 Å². The fraction of sp³-hybridized carbons (Fsp3) is 0.640. The van der Waals surface area contributed by atoms with E-state index >= 15 is 0 Å². The second-order valence-corrected chi connectivity index (χ2v) is 10.4. The Labute approximate surface area is 168 Å². The van der Waals surface area contributed by atoms with Gasteiger partial charge in [-0.15, -0.1) is 0 Å². The standard InChI is InChI=1S/C25H33NO2/c1-15-12-16-13-17(27)7-9-24(16,2)18-8-10-25(3)19(22(15)18)14-21(28)23(25)20-6-4-5-11-26-20/h4-6,11-12,15,17-19,22,27-28H,7-10,13-14H2,1-3H3/t15-,17-,18-,19-,22+,24-,25-/m0/s1. The Bertz CT molecular complexity index is 843. The minimum Gasteiger partial charge on any atom is -0.512 e. The molecule has 1 aromatic heterocycles. The third-order valence-electron chi connectivity index (χ3n) is 8.99. The van der Waals surface area contributed by atoms with Gasteiger partial charge in [0.2, 0.25) is 0 Å². The molecule has 0 radical (unpaired) electrons. The molecule has 1 heterocycles. The van der Waals surface area contributed by atoms with E-state index in [2.05, 4.69) is 37.9 Å². The number of aliphatic hydroxyl groups excluding tert-OH is 2. The highest BCUT2D eigenvalue weighted by molar-refractivity contribution is 5.72. The number of hydrogen-bond donors (Lipinski definition) is 2. The minimum absolute atomic E-state index is 0.00372. The molecule has 2 saturated carbocycles. The molecule has 28 heavy (non-hydrogen) atoms. The average Bonchev–Trinajstić information content (AvgIpc) is 2.94. The maximum atomic E-state index is 11.0. The van der Waals surface area contributed by atoms with Crippen LogP contribution in [0.4, 0.5) is 0 Å². The summed E-state index contributed by atoms with van der Waals surface area (Å²) < 4.78 is 0. The van der Waals surface area contributed by atoms with Gasteiger partial charge >= 0.3 is 0 Å². The third kappa shape index (κ3) is 2.41. The molecule has 3 nitrogen and oxygen atoms in total. The fourth-order valence-electron chi connectivity index (χ4n) is 7.60. The van der Waals surface area contributed by atoms with E-state index in [1.54, 1.807) is 0 Å². The van der Waals surface area contributed by atoms with Crippen LogP contribution in [0, 0.1) is 34.5 Å². The van der Waals surface area contributed by atoms with Crippen molar-refractivity contribution in [1.82, 2.24) is 4.98 Å². The second-order valence-electron chi connectivity index (χ2n) is 10.4. The Morgan fingerprint density at radius 3 is 2.57 bits per heavy atom. The summed E-state index contributed by atoms with van der Waals surface area (Å²) in [5.74, 6) is 2.78. The van der Waals surface area contributed by atoms with Crippen LogP contribution in [-0.2, 0) is 0 Å². The van der Waals surface area contributed by atoms with E-state index in [0.29, 0.717) is 29.4 Å². The lowest BCUT2D eigenvalue weighted by molar-refractivity contribution is -0.0438. The largest absolute Gasteiger partial charge is 0.512 e. The SMILES string of the molecule is C[C@H]1C=C2C[C@@H](O)CC[C@]2(C)[C@H]2CC[C@]3(C)C(c4ccccn4)=C(O)C[C@H]3[C@H]12. The summed E-state index contributed by atoms with van der Waals surface area (Å²) in [4.78, 5) is 4.60. The highest BCUT2D eigenvalue weighted by Crippen LogP contribution is 2.68. The first-order valence-electron chi connectivity index (χ1n) is 11.1. The van der Waals surface area contributed by atoms with Crippen LogP contribution >= 0.6 is 0 Å². The van der Waals surface area contributed by atoms with Crippen LogP contribution in [-0.4, -0.2) is 21.3 Å². The Balaban J connectivity index is 1.55. The first-order chi connectivity index (χ1) is 13.3. The summed E-state index contributed by atoms with van der Waals surface area (Å²) in [5.41, 5.74) is 3.78. The molecule has 4 aliphatic rings. The van der Waals surface area contributed by atoms with Gasteiger partial charge in [0.25, 0.3) is 0 Å².